The molecule has 2 aliphatic heterocycles. The zero-order valence-electron chi connectivity index (χ0n) is 22.3. The molecule has 0 saturated carbocycles. The van der Waals surface area contributed by atoms with Crippen molar-refractivity contribution in [1.29, 1.82) is 5.41 Å². The average Bonchev–Trinajstić information content (AvgIpc) is 3.56. The third kappa shape index (κ3) is 5.81. The number of carbonyl (C=O) groups excluding carboxylic acids is 2. The van der Waals surface area contributed by atoms with Crippen LogP contribution in [0, 0.1) is 5.41 Å². The summed E-state index contributed by atoms with van der Waals surface area (Å²) >= 11 is 1.30. The van der Waals surface area contributed by atoms with Crippen molar-refractivity contribution in [2.75, 3.05) is 40.3 Å². The van der Waals surface area contributed by atoms with Crippen molar-refractivity contribution >= 4 is 56.1 Å². The molecule has 1 atom stereocenters. The summed E-state index contributed by atoms with van der Waals surface area (Å²) in [5.74, 6) is -1.76. The third-order valence-corrected chi connectivity index (χ3v) is 10.00. The number of piperazine rings is 1. The predicted octanol–water partition coefficient (Wildman–Crippen LogP) is 1.28. The number of benzene rings is 1. The molecule has 0 aliphatic carbocycles. The van der Waals surface area contributed by atoms with Crippen LogP contribution >= 0.6 is 11.3 Å². The lowest BCUT2D eigenvalue weighted by molar-refractivity contribution is -0.138. The SMILES string of the molecule is COC(=O)NC(=N)c1ccc2cc(S(=O)(=O)N3CCN(C(=O)c4nc5c(s4)CN(C)CC5)C(CC(=O)O)C3)[nH]c2c1. The summed E-state index contributed by atoms with van der Waals surface area (Å²) in [7, 11) is -0.918. The number of amides is 2. The van der Waals surface area contributed by atoms with Crippen LogP contribution in [0.4, 0.5) is 4.79 Å². The summed E-state index contributed by atoms with van der Waals surface area (Å²) < 4.78 is 32.9. The largest absolute Gasteiger partial charge is 0.481 e. The normalized spacial score (nSPS) is 18.2. The number of H-pyrrole nitrogens is 1. The third-order valence-electron chi connectivity index (χ3n) is 7.14. The number of hydrogen-bond donors (Lipinski definition) is 4. The predicted molar refractivity (Wildman–Crippen MR) is 149 cm³/mol. The Balaban J connectivity index is 1.36. The Bertz CT molecular complexity index is 1650. The van der Waals surface area contributed by atoms with Crippen molar-refractivity contribution in [3.05, 3.63) is 45.4 Å². The number of sulfonamides is 1. The highest BCUT2D eigenvalue weighted by Gasteiger charge is 2.39. The van der Waals surface area contributed by atoms with Gasteiger partial charge < -0.3 is 24.6 Å². The monoisotopic (exact) mass is 603 g/mol. The minimum Gasteiger partial charge on any atom is -0.481 e. The summed E-state index contributed by atoms with van der Waals surface area (Å²) in [6.45, 7) is 1.33. The van der Waals surface area contributed by atoms with Gasteiger partial charge in [-0.25, -0.2) is 18.2 Å². The Hall–Kier alpha value is -3.86. The Morgan fingerprint density at radius 3 is 2.76 bits per heavy atom. The maximum atomic E-state index is 13.6. The second kappa shape index (κ2) is 11.2. The number of carbonyl (C=O) groups is 3. The van der Waals surface area contributed by atoms with Crippen molar-refractivity contribution in [2.45, 2.75) is 30.5 Å². The second-order valence-corrected chi connectivity index (χ2v) is 12.9. The van der Waals surface area contributed by atoms with Gasteiger partial charge in [0.25, 0.3) is 15.9 Å². The lowest BCUT2D eigenvalue weighted by atomic mass is 10.1. The highest BCUT2D eigenvalue weighted by atomic mass is 32.2. The molecule has 3 aromatic rings. The molecular formula is C25H29N7O7S2. The van der Waals surface area contributed by atoms with E-state index < -0.39 is 40.5 Å². The van der Waals surface area contributed by atoms with Crippen molar-refractivity contribution in [2.24, 2.45) is 0 Å². The van der Waals surface area contributed by atoms with Gasteiger partial charge in [0.05, 0.1) is 25.3 Å². The molecule has 4 N–H and O–H groups in total. The molecule has 1 saturated heterocycles. The smallest absolute Gasteiger partial charge is 0.412 e. The quantitative estimate of drug-likeness (QED) is 0.238. The Morgan fingerprint density at radius 2 is 2.02 bits per heavy atom. The van der Waals surface area contributed by atoms with E-state index in [-0.39, 0.29) is 35.5 Å². The fourth-order valence-electron chi connectivity index (χ4n) is 4.99. The first-order valence-electron chi connectivity index (χ1n) is 12.7. The van der Waals surface area contributed by atoms with Crippen LogP contribution in [0.1, 0.15) is 32.4 Å². The van der Waals surface area contributed by atoms with E-state index >= 15 is 0 Å². The molecule has 2 aliphatic rings. The van der Waals surface area contributed by atoms with E-state index in [2.05, 4.69) is 24.9 Å². The number of aromatic nitrogens is 2. The number of nitrogens with zero attached hydrogens (tertiary/aromatic N) is 4. The highest BCUT2D eigenvalue weighted by Crippen LogP contribution is 2.29. The number of hydrogen-bond acceptors (Lipinski definition) is 10. The maximum Gasteiger partial charge on any atom is 0.412 e. The lowest BCUT2D eigenvalue weighted by Crippen LogP contribution is -2.57. The van der Waals surface area contributed by atoms with Gasteiger partial charge in [-0.1, -0.05) is 12.1 Å². The molecule has 14 nitrogen and oxygen atoms in total. The number of methoxy groups -OCH3 is 1. The summed E-state index contributed by atoms with van der Waals surface area (Å²) in [5, 5.41) is 20.6. The first-order chi connectivity index (χ1) is 19.5. The molecule has 1 unspecified atom stereocenters. The Kier molecular flexibility index (Phi) is 7.83. The first-order valence-corrected chi connectivity index (χ1v) is 15.0. The van der Waals surface area contributed by atoms with E-state index in [9.17, 15) is 27.9 Å². The molecule has 2 aromatic heterocycles. The number of likely N-dealkylation sites (N-methyl/N-ethyl adjacent to an activating group) is 1. The number of rotatable bonds is 6. The van der Waals surface area contributed by atoms with Gasteiger partial charge in [-0.05, 0) is 19.2 Å². The number of aliphatic carboxylic acids is 1. The van der Waals surface area contributed by atoms with Gasteiger partial charge >= 0.3 is 12.1 Å². The molecule has 1 fully saturated rings. The number of amidine groups is 1. The van der Waals surface area contributed by atoms with Crippen molar-refractivity contribution < 1.29 is 32.6 Å². The molecule has 218 valence electrons. The van der Waals surface area contributed by atoms with Gasteiger partial charge in [0.1, 0.15) is 10.9 Å². The zero-order valence-corrected chi connectivity index (χ0v) is 24.0. The number of fused-ring (bicyclic) bond motifs is 2. The van der Waals surface area contributed by atoms with Gasteiger partial charge in [-0.2, -0.15) is 4.31 Å². The van der Waals surface area contributed by atoms with Crippen LogP contribution in [0.3, 0.4) is 0 Å². The maximum absolute atomic E-state index is 13.6. The van der Waals surface area contributed by atoms with Gasteiger partial charge in [0, 0.05) is 60.5 Å². The highest BCUT2D eigenvalue weighted by molar-refractivity contribution is 7.89. The number of aromatic amines is 1. The molecule has 0 bridgehead atoms. The molecule has 16 heteroatoms. The van der Waals surface area contributed by atoms with Crippen molar-refractivity contribution in [3.63, 3.8) is 0 Å². The minimum atomic E-state index is -4.09. The number of carboxylic acids is 1. The number of thiazole rings is 1. The summed E-state index contributed by atoms with van der Waals surface area (Å²) in [4.78, 5) is 48.5. The number of nitrogens with one attached hydrogen (secondary N) is 3. The molecular weight excluding hydrogens is 574 g/mol. The van der Waals surface area contributed by atoms with Crippen LogP contribution in [0.5, 0.6) is 0 Å². The van der Waals surface area contributed by atoms with E-state index in [0.717, 1.165) is 23.5 Å². The van der Waals surface area contributed by atoms with E-state index in [4.69, 9.17) is 5.41 Å². The van der Waals surface area contributed by atoms with Gasteiger partial charge in [-0.15, -0.1) is 11.3 Å². The fourth-order valence-corrected chi connectivity index (χ4v) is 7.61. The van der Waals surface area contributed by atoms with Crippen LogP contribution in [0.15, 0.2) is 29.3 Å². The first kappa shape index (κ1) is 28.7. The second-order valence-electron chi connectivity index (χ2n) is 9.92. The molecule has 4 heterocycles. The molecule has 0 spiro atoms. The molecule has 0 radical (unpaired) electrons. The van der Waals surface area contributed by atoms with Crippen molar-refractivity contribution in [3.8, 4) is 0 Å². The zero-order chi connectivity index (χ0) is 29.5. The Labute approximate surface area is 239 Å². The minimum absolute atomic E-state index is 0.0148. The van der Waals surface area contributed by atoms with E-state index in [1.54, 1.807) is 12.1 Å². The van der Waals surface area contributed by atoms with Crippen molar-refractivity contribution in [1.82, 2.24) is 29.4 Å². The standard InChI is InChI=1S/C25H29N7O7S2/c1-30-6-5-17-19(13-30)40-23(28-17)24(35)32-8-7-31(12-16(32)11-21(33)34)41(37,38)20-10-14-3-4-15(9-18(14)27-20)22(26)29-25(36)39-2/h3-4,9-10,16,27H,5-8,11-13H2,1-2H3,(H,33,34)(H2,26,29,36). The Morgan fingerprint density at radius 1 is 1.24 bits per heavy atom. The van der Waals surface area contributed by atoms with Crippen LogP contribution in [-0.4, -0.2) is 108 Å². The van der Waals surface area contributed by atoms with Gasteiger partial charge in [-0.3, -0.25) is 20.3 Å². The van der Waals surface area contributed by atoms with Gasteiger partial charge in [0.2, 0.25) is 0 Å². The van der Waals surface area contributed by atoms with E-state index in [0.29, 0.717) is 23.0 Å². The average molecular weight is 604 g/mol. The van der Waals surface area contributed by atoms with Crippen LogP contribution in [0.25, 0.3) is 10.9 Å². The van der Waals surface area contributed by atoms with Crippen LogP contribution < -0.4 is 5.32 Å². The summed E-state index contributed by atoms with van der Waals surface area (Å²) in [6, 6.07) is 5.28. The molecule has 2 amide bonds. The summed E-state index contributed by atoms with van der Waals surface area (Å²) in [5.41, 5.74) is 1.63. The number of ether oxygens (including phenoxy) is 1. The van der Waals surface area contributed by atoms with Crippen LogP contribution in [-0.2, 0) is 32.5 Å². The van der Waals surface area contributed by atoms with E-state index in [1.165, 1.54) is 39.8 Å². The van der Waals surface area contributed by atoms with Crippen LogP contribution in [0.2, 0.25) is 0 Å². The molecule has 41 heavy (non-hydrogen) atoms. The lowest BCUT2D eigenvalue weighted by Gasteiger charge is -2.39. The summed E-state index contributed by atoms with van der Waals surface area (Å²) in [6.07, 6.45) is -0.494. The number of alkyl carbamates (subject to hydrolysis) is 1. The van der Waals surface area contributed by atoms with E-state index in [1.807, 2.05) is 7.05 Å². The van der Waals surface area contributed by atoms with Gasteiger partial charge in [0.15, 0.2) is 5.01 Å². The number of carboxylic acid groups (broad SMARTS) is 1. The molecule has 5 rings (SSSR count). The fraction of sp³-hybridized carbons (Fsp3) is 0.400. The topological polar surface area (TPSA) is 189 Å². The molecule has 1 aromatic carbocycles.